The van der Waals surface area contributed by atoms with Crippen LogP contribution >= 0.6 is 15.9 Å². The van der Waals surface area contributed by atoms with Gasteiger partial charge in [-0.15, -0.1) is 0 Å². The molecule has 0 saturated carbocycles. The highest BCUT2D eigenvalue weighted by molar-refractivity contribution is 9.10. The van der Waals surface area contributed by atoms with Crippen molar-refractivity contribution in [1.29, 1.82) is 0 Å². The van der Waals surface area contributed by atoms with Crippen molar-refractivity contribution >= 4 is 15.9 Å². The maximum atomic E-state index is 9.42. The molecule has 0 aliphatic carbocycles. The standard InChI is InChI=1S/C16H18BrNO/c1-12-3-2-4-13(9-12)7-8-18-11-14-5-6-16(19)15(17)10-14/h2-6,9-10,18-19H,7-8,11H2,1H3. The van der Waals surface area contributed by atoms with Crippen molar-refractivity contribution in [1.82, 2.24) is 5.32 Å². The number of hydrogen-bond acceptors (Lipinski definition) is 2. The van der Waals surface area contributed by atoms with Crippen LogP contribution in [0.25, 0.3) is 0 Å². The van der Waals surface area contributed by atoms with Gasteiger partial charge in [-0.1, -0.05) is 35.9 Å². The zero-order valence-electron chi connectivity index (χ0n) is 11.0. The molecule has 2 aromatic carbocycles. The fraction of sp³-hybridized carbons (Fsp3) is 0.250. The zero-order chi connectivity index (χ0) is 13.7. The molecule has 3 heteroatoms. The van der Waals surface area contributed by atoms with Crippen LogP contribution in [0, 0.1) is 6.92 Å². The molecule has 0 unspecified atom stereocenters. The largest absolute Gasteiger partial charge is 0.507 e. The molecule has 19 heavy (non-hydrogen) atoms. The molecule has 0 saturated heterocycles. The van der Waals surface area contributed by atoms with Crippen LogP contribution in [0.2, 0.25) is 0 Å². The third-order valence-corrected chi connectivity index (χ3v) is 3.65. The summed E-state index contributed by atoms with van der Waals surface area (Å²) in [6, 6.07) is 14.2. The normalized spacial score (nSPS) is 10.6. The molecule has 100 valence electrons. The number of aromatic hydroxyl groups is 1. The van der Waals surface area contributed by atoms with Gasteiger partial charge in [0.25, 0.3) is 0 Å². The smallest absolute Gasteiger partial charge is 0.129 e. The van der Waals surface area contributed by atoms with E-state index in [-0.39, 0.29) is 5.75 Å². The maximum Gasteiger partial charge on any atom is 0.129 e. The van der Waals surface area contributed by atoms with Crippen molar-refractivity contribution in [3.8, 4) is 5.75 Å². The Bertz CT molecular complexity index is 554. The molecule has 0 amide bonds. The third kappa shape index (κ3) is 4.37. The number of phenols is 1. The Balaban J connectivity index is 1.79. The molecular formula is C16H18BrNO. The lowest BCUT2D eigenvalue weighted by Crippen LogP contribution is -2.16. The summed E-state index contributed by atoms with van der Waals surface area (Å²) in [5.74, 6) is 0.281. The highest BCUT2D eigenvalue weighted by Gasteiger charge is 1.99. The van der Waals surface area contributed by atoms with Crippen molar-refractivity contribution in [3.63, 3.8) is 0 Å². The number of hydrogen-bond donors (Lipinski definition) is 2. The summed E-state index contributed by atoms with van der Waals surface area (Å²) in [5, 5.41) is 12.8. The van der Waals surface area contributed by atoms with Gasteiger partial charge in [-0.3, -0.25) is 0 Å². The first-order chi connectivity index (χ1) is 9.15. The molecule has 0 radical (unpaired) electrons. The second-order valence-corrected chi connectivity index (χ2v) is 5.56. The summed E-state index contributed by atoms with van der Waals surface area (Å²) in [5.41, 5.74) is 3.83. The SMILES string of the molecule is Cc1cccc(CCNCc2ccc(O)c(Br)c2)c1. The van der Waals surface area contributed by atoms with Gasteiger partial charge in [0.15, 0.2) is 0 Å². The molecule has 0 heterocycles. The summed E-state index contributed by atoms with van der Waals surface area (Å²) in [6.07, 6.45) is 1.03. The lowest BCUT2D eigenvalue weighted by atomic mass is 10.1. The van der Waals surface area contributed by atoms with Gasteiger partial charge < -0.3 is 10.4 Å². The van der Waals surface area contributed by atoms with Crippen molar-refractivity contribution in [2.75, 3.05) is 6.54 Å². The van der Waals surface area contributed by atoms with Crippen molar-refractivity contribution in [3.05, 3.63) is 63.6 Å². The van der Waals surface area contributed by atoms with Crippen LogP contribution in [0.4, 0.5) is 0 Å². The van der Waals surface area contributed by atoms with E-state index in [4.69, 9.17) is 0 Å². The minimum Gasteiger partial charge on any atom is -0.507 e. The predicted octanol–water partition coefficient (Wildman–Crippen LogP) is 3.80. The van der Waals surface area contributed by atoms with Gasteiger partial charge in [0.1, 0.15) is 5.75 Å². The van der Waals surface area contributed by atoms with Gasteiger partial charge in [-0.25, -0.2) is 0 Å². The van der Waals surface area contributed by atoms with Gasteiger partial charge in [0, 0.05) is 6.54 Å². The second kappa shape index (κ2) is 6.73. The van der Waals surface area contributed by atoms with E-state index in [1.165, 1.54) is 11.1 Å². The van der Waals surface area contributed by atoms with E-state index in [0.29, 0.717) is 0 Å². The molecule has 0 aromatic heterocycles. The van der Waals surface area contributed by atoms with Crippen molar-refractivity contribution in [2.24, 2.45) is 0 Å². The molecule has 0 aliphatic rings. The Morgan fingerprint density at radius 3 is 2.68 bits per heavy atom. The predicted molar refractivity (Wildman–Crippen MR) is 82.4 cm³/mol. The van der Waals surface area contributed by atoms with Crippen LogP contribution in [0.1, 0.15) is 16.7 Å². The van der Waals surface area contributed by atoms with E-state index >= 15 is 0 Å². The monoisotopic (exact) mass is 319 g/mol. The van der Waals surface area contributed by atoms with Gasteiger partial charge in [-0.2, -0.15) is 0 Å². The lowest BCUT2D eigenvalue weighted by molar-refractivity contribution is 0.471. The Labute approximate surface area is 122 Å². The van der Waals surface area contributed by atoms with Crippen LogP contribution in [0.3, 0.4) is 0 Å². The number of benzene rings is 2. The topological polar surface area (TPSA) is 32.3 Å². The van der Waals surface area contributed by atoms with Crippen molar-refractivity contribution < 1.29 is 5.11 Å². The van der Waals surface area contributed by atoms with E-state index in [1.807, 2.05) is 12.1 Å². The van der Waals surface area contributed by atoms with E-state index < -0.39 is 0 Å². The first kappa shape index (κ1) is 14.1. The highest BCUT2D eigenvalue weighted by atomic mass is 79.9. The molecule has 0 spiro atoms. The Morgan fingerprint density at radius 1 is 1.11 bits per heavy atom. The Kier molecular flexibility index (Phi) is 5.00. The molecule has 2 rings (SSSR count). The minimum absolute atomic E-state index is 0.281. The van der Waals surface area contributed by atoms with E-state index in [0.717, 1.165) is 29.5 Å². The summed E-state index contributed by atoms with van der Waals surface area (Å²) >= 11 is 3.32. The molecule has 2 N–H and O–H groups in total. The van der Waals surface area contributed by atoms with Crippen LogP contribution in [-0.2, 0) is 13.0 Å². The molecule has 0 atom stereocenters. The van der Waals surface area contributed by atoms with E-state index in [1.54, 1.807) is 6.07 Å². The quantitative estimate of drug-likeness (QED) is 0.822. The van der Waals surface area contributed by atoms with Gasteiger partial charge in [0.05, 0.1) is 4.47 Å². The first-order valence-corrected chi connectivity index (χ1v) is 7.18. The van der Waals surface area contributed by atoms with Gasteiger partial charge in [-0.05, 0) is 59.1 Å². The highest BCUT2D eigenvalue weighted by Crippen LogP contribution is 2.24. The third-order valence-electron chi connectivity index (χ3n) is 3.01. The van der Waals surface area contributed by atoms with Crippen LogP contribution in [0.5, 0.6) is 5.75 Å². The molecule has 0 bridgehead atoms. The summed E-state index contributed by atoms with van der Waals surface area (Å²) in [6.45, 7) is 3.87. The van der Waals surface area contributed by atoms with Crippen LogP contribution < -0.4 is 5.32 Å². The molecule has 0 aliphatic heterocycles. The minimum atomic E-state index is 0.281. The van der Waals surface area contributed by atoms with Crippen LogP contribution in [-0.4, -0.2) is 11.7 Å². The second-order valence-electron chi connectivity index (χ2n) is 4.70. The molecule has 2 aromatic rings. The number of rotatable bonds is 5. The Hall–Kier alpha value is -1.32. The zero-order valence-corrected chi connectivity index (χ0v) is 12.6. The summed E-state index contributed by atoms with van der Waals surface area (Å²) < 4.78 is 0.741. The average molecular weight is 320 g/mol. The maximum absolute atomic E-state index is 9.42. The average Bonchev–Trinajstić information content (AvgIpc) is 2.39. The van der Waals surface area contributed by atoms with Crippen molar-refractivity contribution in [2.45, 2.75) is 19.9 Å². The number of halogens is 1. The number of nitrogens with one attached hydrogen (secondary N) is 1. The molecular weight excluding hydrogens is 302 g/mol. The molecule has 2 nitrogen and oxygen atoms in total. The van der Waals surface area contributed by atoms with Gasteiger partial charge in [0.2, 0.25) is 0 Å². The van der Waals surface area contributed by atoms with E-state index in [2.05, 4.69) is 52.4 Å². The Morgan fingerprint density at radius 2 is 1.95 bits per heavy atom. The fourth-order valence-electron chi connectivity index (χ4n) is 1.99. The molecule has 0 fully saturated rings. The van der Waals surface area contributed by atoms with Gasteiger partial charge >= 0.3 is 0 Å². The summed E-state index contributed by atoms with van der Waals surface area (Å²) in [4.78, 5) is 0. The van der Waals surface area contributed by atoms with Crippen LogP contribution in [0.15, 0.2) is 46.9 Å². The lowest BCUT2D eigenvalue weighted by Gasteiger charge is -2.07. The van der Waals surface area contributed by atoms with E-state index in [9.17, 15) is 5.11 Å². The fourth-order valence-corrected chi connectivity index (χ4v) is 2.42. The number of phenolic OH excluding ortho intramolecular Hbond substituents is 1. The first-order valence-electron chi connectivity index (χ1n) is 6.39. The number of aryl methyl sites for hydroxylation is 1. The summed E-state index contributed by atoms with van der Waals surface area (Å²) in [7, 11) is 0.